The first-order chi connectivity index (χ1) is 12.7. The van der Waals surface area contributed by atoms with Crippen LogP contribution in [0.5, 0.6) is 0 Å². The van der Waals surface area contributed by atoms with Crippen molar-refractivity contribution in [1.29, 1.82) is 0 Å². The molecule has 2 saturated heterocycles. The molecule has 144 valence electrons. The summed E-state index contributed by atoms with van der Waals surface area (Å²) in [6.07, 6.45) is 2.01. The molecule has 2 amide bonds. The molecule has 0 aromatic carbocycles. The third kappa shape index (κ3) is 5.25. The molecular weight excluding hydrogens is 352 g/mol. The van der Waals surface area contributed by atoms with Crippen LogP contribution in [0.2, 0.25) is 0 Å². The smallest absolute Gasteiger partial charge is 0.225 e. The van der Waals surface area contributed by atoms with Gasteiger partial charge in [-0.15, -0.1) is 11.3 Å². The molecule has 1 N–H and O–H groups in total. The number of amides is 2. The number of hydrogen-bond donors (Lipinski definition) is 1. The SMILES string of the molecule is CCc1nc(CNC(=O)[C@H]2CCC(=O)N(CCN3CCOCC3)C2)cs1. The van der Waals surface area contributed by atoms with Crippen LogP contribution in [0.4, 0.5) is 0 Å². The summed E-state index contributed by atoms with van der Waals surface area (Å²) in [7, 11) is 0. The molecule has 26 heavy (non-hydrogen) atoms. The fourth-order valence-corrected chi connectivity index (χ4v) is 4.09. The molecule has 2 fully saturated rings. The minimum absolute atomic E-state index is 0.0277. The van der Waals surface area contributed by atoms with E-state index >= 15 is 0 Å². The van der Waals surface area contributed by atoms with Gasteiger partial charge in [-0.3, -0.25) is 14.5 Å². The average Bonchev–Trinajstić information content (AvgIpc) is 3.14. The molecule has 8 heteroatoms. The lowest BCUT2D eigenvalue weighted by Crippen LogP contribution is -2.49. The van der Waals surface area contributed by atoms with Crippen LogP contribution in [0.3, 0.4) is 0 Å². The van der Waals surface area contributed by atoms with Crippen LogP contribution in [0.1, 0.15) is 30.5 Å². The summed E-state index contributed by atoms with van der Waals surface area (Å²) in [5.74, 6) is 0.0657. The van der Waals surface area contributed by atoms with Gasteiger partial charge in [0.05, 0.1) is 36.4 Å². The van der Waals surface area contributed by atoms with Gasteiger partial charge in [-0.25, -0.2) is 4.98 Å². The van der Waals surface area contributed by atoms with Crippen molar-refractivity contribution >= 4 is 23.2 Å². The fourth-order valence-electron chi connectivity index (χ4n) is 3.35. The maximum absolute atomic E-state index is 12.5. The van der Waals surface area contributed by atoms with Crippen LogP contribution in [0.15, 0.2) is 5.38 Å². The van der Waals surface area contributed by atoms with Crippen LogP contribution >= 0.6 is 11.3 Å². The van der Waals surface area contributed by atoms with Crippen LogP contribution in [0.25, 0.3) is 0 Å². The second-order valence-electron chi connectivity index (χ2n) is 6.83. The second kappa shape index (κ2) is 9.43. The number of nitrogens with zero attached hydrogens (tertiary/aromatic N) is 3. The van der Waals surface area contributed by atoms with Crippen LogP contribution in [0, 0.1) is 5.92 Å². The van der Waals surface area contributed by atoms with E-state index in [9.17, 15) is 9.59 Å². The molecule has 2 aliphatic heterocycles. The Kier molecular flexibility index (Phi) is 6.99. The summed E-state index contributed by atoms with van der Waals surface area (Å²) < 4.78 is 5.35. The zero-order valence-corrected chi connectivity index (χ0v) is 16.2. The first-order valence-corrected chi connectivity index (χ1v) is 10.3. The lowest BCUT2D eigenvalue weighted by molar-refractivity contribution is -0.138. The number of carbonyl (C=O) groups is 2. The molecule has 0 unspecified atom stereocenters. The second-order valence-corrected chi connectivity index (χ2v) is 7.78. The largest absolute Gasteiger partial charge is 0.379 e. The quantitative estimate of drug-likeness (QED) is 0.761. The van der Waals surface area contributed by atoms with Gasteiger partial charge in [-0.1, -0.05) is 6.92 Å². The van der Waals surface area contributed by atoms with Crippen molar-refractivity contribution in [2.45, 2.75) is 32.7 Å². The number of rotatable bonds is 7. The minimum atomic E-state index is -0.123. The Morgan fingerprint density at radius 2 is 2.19 bits per heavy atom. The first-order valence-electron chi connectivity index (χ1n) is 9.44. The summed E-state index contributed by atoms with van der Waals surface area (Å²) in [6.45, 7) is 7.95. The monoisotopic (exact) mass is 380 g/mol. The molecular formula is C18H28N4O3S. The Morgan fingerprint density at radius 3 is 2.92 bits per heavy atom. The number of nitrogens with one attached hydrogen (secondary N) is 1. The highest BCUT2D eigenvalue weighted by molar-refractivity contribution is 7.09. The maximum atomic E-state index is 12.5. The number of aryl methyl sites for hydroxylation is 1. The number of likely N-dealkylation sites (tertiary alicyclic amines) is 1. The molecule has 3 heterocycles. The molecule has 2 aliphatic rings. The summed E-state index contributed by atoms with van der Waals surface area (Å²) in [5, 5.41) is 6.08. The molecule has 1 aromatic rings. The Balaban J connectivity index is 1.45. The van der Waals surface area contributed by atoms with Crippen LogP contribution in [-0.2, 0) is 27.3 Å². The van der Waals surface area contributed by atoms with Crippen molar-refractivity contribution in [2.75, 3.05) is 45.9 Å². The summed E-state index contributed by atoms with van der Waals surface area (Å²) in [6, 6.07) is 0. The van der Waals surface area contributed by atoms with E-state index < -0.39 is 0 Å². The number of aromatic nitrogens is 1. The highest BCUT2D eigenvalue weighted by Crippen LogP contribution is 2.18. The highest BCUT2D eigenvalue weighted by atomic mass is 32.1. The normalized spacial score (nSPS) is 21.8. The molecule has 7 nitrogen and oxygen atoms in total. The third-order valence-corrected chi connectivity index (χ3v) is 6.05. The highest BCUT2D eigenvalue weighted by Gasteiger charge is 2.30. The van der Waals surface area contributed by atoms with Crippen molar-refractivity contribution in [1.82, 2.24) is 20.1 Å². The Morgan fingerprint density at radius 1 is 1.38 bits per heavy atom. The fraction of sp³-hybridized carbons (Fsp3) is 0.722. The molecule has 0 aliphatic carbocycles. The average molecular weight is 381 g/mol. The van der Waals surface area contributed by atoms with Gasteiger partial charge in [0.2, 0.25) is 11.8 Å². The van der Waals surface area contributed by atoms with Gasteiger partial charge in [0, 0.05) is 44.5 Å². The zero-order chi connectivity index (χ0) is 18.4. The lowest BCUT2D eigenvalue weighted by Gasteiger charge is -2.34. The predicted octanol–water partition coefficient (Wildman–Crippen LogP) is 0.893. The van der Waals surface area contributed by atoms with E-state index in [0.717, 1.165) is 50.0 Å². The molecule has 3 rings (SSSR count). The van der Waals surface area contributed by atoms with Crippen molar-refractivity contribution in [2.24, 2.45) is 5.92 Å². The number of ether oxygens (including phenoxy) is 1. The van der Waals surface area contributed by atoms with E-state index in [1.54, 1.807) is 11.3 Å². The minimum Gasteiger partial charge on any atom is -0.379 e. The molecule has 0 saturated carbocycles. The van der Waals surface area contributed by atoms with Crippen LogP contribution in [-0.4, -0.2) is 72.5 Å². The van der Waals surface area contributed by atoms with Crippen LogP contribution < -0.4 is 5.32 Å². The Labute approximate surface area is 158 Å². The van der Waals surface area contributed by atoms with E-state index in [2.05, 4.69) is 22.1 Å². The number of piperidine rings is 1. The van der Waals surface area contributed by atoms with Gasteiger partial charge in [0.25, 0.3) is 0 Å². The van der Waals surface area contributed by atoms with Gasteiger partial charge in [-0.2, -0.15) is 0 Å². The standard InChI is InChI=1S/C18H28N4O3S/c1-2-16-20-15(13-26-16)11-19-18(24)14-3-4-17(23)22(12-14)6-5-21-7-9-25-10-8-21/h13-14H,2-12H2,1H3,(H,19,24)/t14-/m0/s1. The summed E-state index contributed by atoms with van der Waals surface area (Å²) >= 11 is 1.63. The first kappa shape index (κ1) is 19.3. The van der Waals surface area contributed by atoms with E-state index in [4.69, 9.17) is 4.74 Å². The van der Waals surface area contributed by atoms with Crippen molar-refractivity contribution in [3.8, 4) is 0 Å². The van der Waals surface area contributed by atoms with Gasteiger partial charge < -0.3 is 15.0 Å². The van der Waals surface area contributed by atoms with E-state index in [1.165, 1.54) is 0 Å². The Bertz CT molecular complexity index is 615. The van der Waals surface area contributed by atoms with Crippen molar-refractivity contribution in [3.63, 3.8) is 0 Å². The van der Waals surface area contributed by atoms with E-state index in [0.29, 0.717) is 32.5 Å². The maximum Gasteiger partial charge on any atom is 0.225 e. The lowest BCUT2D eigenvalue weighted by atomic mass is 9.96. The van der Waals surface area contributed by atoms with Gasteiger partial charge in [0.1, 0.15) is 0 Å². The summed E-state index contributed by atoms with van der Waals surface area (Å²) in [5.41, 5.74) is 0.913. The third-order valence-electron chi connectivity index (χ3n) is 5.01. The topological polar surface area (TPSA) is 74.8 Å². The van der Waals surface area contributed by atoms with Crippen molar-refractivity contribution < 1.29 is 14.3 Å². The molecule has 0 bridgehead atoms. The number of morpholine rings is 1. The van der Waals surface area contributed by atoms with Gasteiger partial charge >= 0.3 is 0 Å². The van der Waals surface area contributed by atoms with Crippen molar-refractivity contribution in [3.05, 3.63) is 16.1 Å². The van der Waals surface area contributed by atoms with E-state index in [-0.39, 0.29) is 17.7 Å². The van der Waals surface area contributed by atoms with Gasteiger partial charge in [0.15, 0.2) is 0 Å². The number of carbonyl (C=O) groups excluding carboxylic acids is 2. The predicted molar refractivity (Wildman–Crippen MR) is 99.9 cm³/mol. The van der Waals surface area contributed by atoms with Gasteiger partial charge in [-0.05, 0) is 12.8 Å². The molecule has 1 atom stereocenters. The Hall–Kier alpha value is -1.51. The molecule has 0 radical (unpaired) electrons. The molecule has 0 spiro atoms. The summed E-state index contributed by atoms with van der Waals surface area (Å²) in [4.78, 5) is 33.3. The number of thiazole rings is 1. The number of hydrogen-bond acceptors (Lipinski definition) is 6. The molecule has 1 aromatic heterocycles. The van der Waals surface area contributed by atoms with E-state index in [1.807, 2.05) is 10.3 Å². The zero-order valence-electron chi connectivity index (χ0n) is 15.4.